The summed E-state index contributed by atoms with van der Waals surface area (Å²) in [6.45, 7) is 3.64. The second-order valence-electron chi connectivity index (χ2n) is 14.2. The standard InChI is InChI=1S/C45H80NO8P/c1-3-5-7-9-11-13-15-17-19-20-21-22-24-26-28-30-32-34-36-38-45(48)54-43(42-53-55(49,50)52-40-39-46)41-51-44(47)37-35-33-31-29-27-25-23-18-16-14-12-10-8-6-4-2/h11,13-14,16-17,19,21-22,26,28,43H,3-10,12,15,18,20,23-25,27,29-42,46H2,1-2H3,(H,49,50)/b13-11-,16-14-,19-17-,22-21-,28-26-/t43-/m1/s1. The third kappa shape index (κ3) is 41.2. The van der Waals surface area contributed by atoms with E-state index in [-0.39, 0.29) is 32.6 Å². The number of phosphoric acid groups is 1. The molecule has 55 heavy (non-hydrogen) atoms. The van der Waals surface area contributed by atoms with Gasteiger partial charge >= 0.3 is 19.8 Å². The first-order valence-corrected chi connectivity index (χ1v) is 23.3. The third-order valence-corrected chi connectivity index (χ3v) is 9.86. The molecule has 1 unspecified atom stereocenters. The van der Waals surface area contributed by atoms with Crippen molar-refractivity contribution in [3.63, 3.8) is 0 Å². The molecule has 0 aliphatic carbocycles. The molecule has 0 aliphatic heterocycles. The number of unbranched alkanes of at least 4 members (excludes halogenated alkanes) is 17. The molecule has 10 heteroatoms. The summed E-state index contributed by atoms with van der Waals surface area (Å²) in [5.41, 5.74) is 5.34. The molecule has 0 rings (SSSR count). The number of ether oxygens (including phenoxy) is 2. The van der Waals surface area contributed by atoms with Crippen LogP contribution in [0.2, 0.25) is 0 Å². The molecule has 0 aromatic carbocycles. The van der Waals surface area contributed by atoms with Gasteiger partial charge in [-0.1, -0.05) is 145 Å². The Hall–Kier alpha value is -2.29. The van der Waals surface area contributed by atoms with Crippen molar-refractivity contribution < 1.29 is 37.6 Å². The molecule has 0 amide bonds. The van der Waals surface area contributed by atoms with Crippen molar-refractivity contribution in [2.45, 2.75) is 187 Å². The lowest BCUT2D eigenvalue weighted by Gasteiger charge is -2.19. The molecule has 0 radical (unpaired) electrons. The summed E-state index contributed by atoms with van der Waals surface area (Å²) in [5.74, 6) is -0.873. The van der Waals surface area contributed by atoms with Gasteiger partial charge in [-0.2, -0.15) is 0 Å². The summed E-state index contributed by atoms with van der Waals surface area (Å²) in [7, 11) is -4.39. The van der Waals surface area contributed by atoms with E-state index in [1.165, 1.54) is 77.0 Å². The van der Waals surface area contributed by atoms with Crippen LogP contribution in [0.15, 0.2) is 60.8 Å². The van der Waals surface area contributed by atoms with Gasteiger partial charge in [0.15, 0.2) is 6.10 Å². The minimum absolute atomic E-state index is 0.0449. The predicted octanol–water partition coefficient (Wildman–Crippen LogP) is 12.5. The van der Waals surface area contributed by atoms with Crippen molar-refractivity contribution in [3.8, 4) is 0 Å². The lowest BCUT2D eigenvalue weighted by Crippen LogP contribution is -2.29. The van der Waals surface area contributed by atoms with E-state index in [4.69, 9.17) is 24.3 Å². The van der Waals surface area contributed by atoms with Gasteiger partial charge < -0.3 is 20.1 Å². The molecule has 3 N–H and O–H groups in total. The minimum atomic E-state index is -4.39. The third-order valence-electron chi connectivity index (χ3n) is 8.88. The highest BCUT2D eigenvalue weighted by Gasteiger charge is 2.26. The number of carbonyl (C=O) groups excluding carboxylic acids is 2. The molecule has 2 atom stereocenters. The van der Waals surface area contributed by atoms with Gasteiger partial charge in [-0.25, -0.2) is 4.57 Å². The van der Waals surface area contributed by atoms with Gasteiger partial charge in [-0.3, -0.25) is 18.6 Å². The van der Waals surface area contributed by atoms with E-state index in [0.29, 0.717) is 6.42 Å². The highest BCUT2D eigenvalue weighted by Crippen LogP contribution is 2.43. The van der Waals surface area contributed by atoms with E-state index >= 15 is 0 Å². The number of nitrogens with two attached hydrogens (primary N) is 1. The van der Waals surface area contributed by atoms with Crippen LogP contribution in [0.25, 0.3) is 0 Å². The lowest BCUT2D eigenvalue weighted by molar-refractivity contribution is -0.161. The maximum atomic E-state index is 12.6. The number of esters is 2. The van der Waals surface area contributed by atoms with Crippen LogP contribution in [0.3, 0.4) is 0 Å². The van der Waals surface area contributed by atoms with Crippen LogP contribution in [0.4, 0.5) is 0 Å². The molecule has 9 nitrogen and oxygen atoms in total. The zero-order valence-corrected chi connectivity index (χ0v) is 35.8. The Balaban J connectivity index is 4.24. The maximum Gasteiger partial charge on any atom is 0.472 e. The first-order chi connectivity index (χ1) is 26.8. The van der Waals surface area contributed by atoms with Crippen LogP contribution >= 0.6 is 7.82 Å². The summed E-state index contributed by atoms with van der Waals surface area (Å²) < 4.78 is 32.7. The Bertz CT molecular complexity index is 1090. The largest absolute Gasteiger partial charge is 0.472 e. The van der Waals surface area contributed by atoms with Gasteiger partial charge in [0.2, 0.25) is 0 Å². The summed E-state index contributed by atoms with van der Waals surface area (Å²) in [6.07, 6.45) is 48.2. The Morgan fingerprint density at radius 2 is 0.945 bits per heavy atom. The van der Waals surface area contributed by atoms with Gasteiger partial charge in [0, 0.05) is 19.4 Å². The molecule has 0 saturated carbocycles. The zero-order valence-electron chi connectivity index (χ0n) is 34.9. The van der Waals surface area contributed by atoms with E-state index in [1.54, 1.807) is 0 Å². The minimum Gasteiger partial charge on any atom is -0.462 e. The molecule has 0 fully saturated rings. The van der Waals surface area contributed by atoms with Crippen molar-refractivity contribution in [2.75, 3.05) is 26.4 Å². The Labute approximate surface area is 336 Å². The second-order valence-corrected chi connectivity index (χ2v) is 15.7. The van der Waals surface area contributed by atoms with Crippen molar-refractivity contribution in [2.24, 2.45) is 5.73 Å². The number of rotatable bonds is 40. The number of hydrogen-bond acceptors (Lipinski definition) is 8. The second kappa shape index (κ2) is 41.3. The van der Waals surface area contributed by atoms with E-state index in [9.17, 15) is 19.0 Å². The van der Waals surface area contributed by atoms with Crippen LogP contribution in [-0.2, 0) is 32.7 Å². The quantitative estimate of drug-likeness (QED) is 0.0269. The zero-order chi connectivity index (χ0) is 40.3. The number of allylic oxidation sites excluding steroid dienone is 10. The lowest BCUT2D eigenvalue weighted by atomic mass is 10.1. The monoisotopic (exact) mass is 794 g/mol. The molecule has 318 valence electrons. The highest BCUT2D eigenvalue weighted by atomic mass is 31.2. The summed E-state index contributed by atoms with van der Waals surface area (Å²) in [4.78, 5) is 34.9. The predicted molar refractivity (Wildman–Crippen MR) is 229 cm³/mol. The summed E-state index contributed by atoms with van der Waals surface area (Å²) in [5, 5.41) is 0. The van der Waals surface area contributed by atoms with Crippen LogP contribution in [0.1, 0.15) is 181 Å². The maximum absolute atomic E-state index is 12.6. The van der Waals surface area contributed by atoms with Gasteiger partial charge in [-0.05, 0) is 83.5 Å². The van der Waals surface area contributed by atoms with Crippen LogP contribution in [-0.4, -0.2) is 49.3 Å². The molecule has 0 saturated heterocycles. The van der Waals surface area contributed by atoms with Gasteiger partial charge in [0.05, 0.1) is 13.2 Å². The van der Waals surface area contributed by atoms with E-state index in [0.717, 1.165) is 70.6 Å². The van der Waals surface area contributed by atoms with Gasteiger partial charge in [-0.15, -0.1) is 0 Å². The number of phosphoric ester groups is 1. The number of hydrogen-bond donors (Lipinski definition) is 2. The molecule has 0 bridgehead atoms. The van der Waals surface area contributed by atoms with Gasteiger partial charge in [0.1, 0.15) is 6.61 Å². The Kier molecular flexibility index (Phi) is 39.6. The van der Waals surface area contributed by atoms with E-state index in [1.807, 2.05) is 0 Å². The van der Waals surface area contributed by atoms with Crippen LogP contribution < -0.4 is 5.73 Å². The summed E-state index contributed by atoms with van der Waals surface area (Å²) in [6, 6.07) is 0. The fourth-order valence-corrected chi connectivity index (χ4v) is 6.38. The molecular formula is C45H80NO8P. The summed E-state index contributed by atoms with van der Waals surface area (Å²) >= 11 is 0. The van der Waals surface area contributed by atoms with Crippen molar-refractivity contribution >= 4 is 19.8 Å². The molecule has 0 aromatic rings. The van der Waals surface area contributed by atoms with E-state index < -0.39 is 32.5 Å². The SMILES string of the molecule is CCCCC/C=C\C/C=C\C/C=C\C/C=C\CCCCCC(=O)O[C@H](COC(=O)CCCCCCCCC/C=C\CCCCCC)COP(=O)(O)OCCN. The number of carbonyl (C=O) groups is 2. The molecule has 0 aromatic heterocycles. The topological polar surface area (TPSA) is 134 Å². The molecule has 0 aliphatic rings. The average molecular weight is 794 g/mol. The fourth-order valence-electron chi connectivity index (χ4n) is 5.61. The van der Waals surface area contributed by atoms with Crippen molar-refractivity contribution in [1.82, 2.24) is 0 Å². The normalized spacial score (nSPS) is 13.9. The van der Waals surface area contributed by atoms with Crippen LogP contribution in [0.5, 0.6) is 0 Å². The molecular weight excluding hydrogens is 713 g/mol. The molecule has 0 spiro atoms. The molecule has 0 heterocycles. The Morgan fingerprint density at radius 3 is 1.47 bits per heavy atom. The Morgan fingerprint density at radius 1 is 0.545 bits per heavy atom. The highest BCUT2D eigenvalue weighted by molar-refractivity contribution is 7.47. The first-order valence-electron chi connectivity index (χ1n) is 21.8. The van der Waals surface area contributed by atoms with Crippen molar-refractivity contribution in [1.29, 1.82) is 0 Å². The average Bonchev–Trinajstić information content (AvgIpc) is 3.17. The smallest absolute Gasteiger partial charge is 0.462 e. The fraction of sp³-hybridized carbons (Fsp3) is 0.733. The van der Waals surface area contributed by atoms with Gasteiger partial charge in [0.25, 0.3) is 0 Å². The van der Waals surface area contributed by atoms with Crippen molar-refractivity contribution in [3.05, 3.63) is 60.8 Å². The van der Waals surface area contributed by atoms with E-state index in [2.05, 4.69) is 74.6 Å². The first kappa shape index (κ1) is 52.7. The van der Waals surface area contributed by atoms with Crippen LogP contribution in [0, 0.1) is 0 Å².